The minimum Gasteiger partial charge on any atom is -0.480 e. The van der Waals surface area contributed by atoms with Crippen molar-refractivity contribution >= 4 is 12.2 Å². The molecule has 1 aliphatic rings. The second kappa shape index (κ2) is 5.21. The minimum atomic E-state index is -0.592. The zero-order valence-corrected chi connectivity index (χ0v) is 10.6. The summed E-state index contributed by atoms with van der Waals surface area (Å²) in [7, 11) is 0. The number of amides is 1. The molecule has 1 saturated carbocycles. The van der Waals surface area contributed by atoms with Crippen molar-refractivity contribution in [1.29, 1.82) is 0 Å². The average molecular weight is 247 g/mol. The van der Waals surface area contributed by atoms with Crippen molar-refractivity contribution in [2.24, 2.45) is 0 Å². The molecule has 1 amide bonds. The maximum atomic E-state index is 11.8. The second-order valence-corrected chi connectivity index (χ2v) is 4.65. The number of carbonyl (C=O) groups excluding carboxylic acids is 2. The molecular formula is C14H17NO3. The summed E-state index contributed by atoms with van der Waals surface area (Å²) >= 11 is 0. The van der Waals surface area contributed by atoms with E-state index >= 15 is 0 Å². The van der Waals surface area contributed by atoms with E-state index in [-0.39, 0.29) is 5.91 Å². The highest BCUT2D eigenvalue weighted by Crippen LogP contribution is 2.24. The molecule has 0 aromatic heterocycles. The third kappa shape index (κ3) is 2.88. The molecule has 0 radical (unpaired) electrons. The van der Waals surface area contributed by atoms with Gasteiger partial charge in [0.15, 0.2) is 12.4 Å². The molecule has 4 heteroatoms. The normalized spacial score (nSPS) is 15.9. The SMILES string of the molecule is Cc1cccc(C=O)c1OC(C)C(=O)NC1CC1. The van der Waals surface area contributed by atoms with Crippen molar-refractivity contribution in [1.82, 2.24) is 5.32 Å². The van der Waals surface area contributed by atoms with Crippen molar-refractivity contribution in [3.8, 4) is 5.75 Å². The lowest BCUT2D eigenvalue weighted by atomic mass is 10.1. The highest BCUT2D eigenvalue weighted by atomic mass is 16.5. The summed E-state index contributed by atoms with van der Waals surface area (Å²) in [5.74, 6) is 0.364. The van der Waals surface area contributed by atoms with Crippen LogP contribution in [0.5, 0.6) is 5.75 Å². The van der Waals surface area contributed by atoms with E-state index in [9.17, 15) is 9.59 Å². The van der Waals surface area contributed by atoms with Crippen LogP contribution in [0.1, 0.15) is 35.7 Å². The number of benzene rings is 1. The van der Waals surface area contributed by atoms with Gasteiger partial charge in [0.1, 0.15) is 5.75 Å². The molecule has 1 unspecified atom stereocenters. The van der Waals surface area contributed by atoms with E-state index in [0.717, 1.165) is 24.7 Å². The Kier molecular flexibility index (Phi) is 3.65. The zero-order valence-electron chi connectivity index (χ0n) is 10.6. The summed E-state index contributed by atoms with van der Waals surface area (Å²) < 4.78 is 5.61. The van der Waals surface area contributed by atoms with Gasteiger partial charge in [-0.25, -0.2) is 0 Å². The Labute approximate surface area is 106 Å². The first kappa shape index (κ1) is 12.6. The monoisotopic (exact) mass is 247 g/mol. The maximum absolute atomic E-state index is 11.8. The smallest absolute Gasteiger partial charge is 0.260 e. The van der Waals surface area contributed by atoms with Crippen LogP contribution in [0.4, 0.5) is 0 Å². The standard InChI is InChI=1S/C14H17NO3/c1-9-4-3-5-11(8-16)13(9)18-10(2)14(17)15-12-6-7-12/h3-5,8,10,12H,6-7H2,1-2H3,(H,15,17). The number of aldehydes is 1. The first-order chi connectivity index (χ1) is 8.61. The third-order valence-corrected chi connectivity index (χ3v) is 2.96. The Balaban J connectivity index is 2.07. The molecule has 18 heavy (non-hydrogen) atoms. The van der Waals surface area contributed by atoms with Crippen LogP contribution in [0.3, 0.4) is 0 Å². The summed E-state index contributed by atoms with van der Waals surface area (Å²) in [5.41, 5.74) is 1.33. The van der Waals surface area contributed by atoms with Crippen LogP contribution in [0.25, 0.3) is 0 Å². The maximum Gasteiger partial charge on any atom is 0.260 e. The number of ether oxygens (including phenoxy) is 1. The van der Waals surface area contributed by atoms with Gasteiger partial charge in [-0.1, -0.05) is 12.1 Å². The molecule has 1 N–H and O–H groups in total. The number of hydrogen-bond acceptors (Lipinski definition) is 3. The van der Waals surface area contributed by atoms with E-state index < -0.39 is 6.10 Å². The lowest BCUT2D eigenvalue weighted by Gasteiger charge is -2.17. The van der Waals surface area contributed by atoms with E-state index in [2.05, 4.69) is 5.32 Å². The van der Waals surface area contributed by atoms with Crippen LogP contribution < -0.4 is 10.1 Å². The van der Waals surface area contributed by atoms with Crippen LogP contribution in [0.15, 0.2) is 18.2 Å². The van der Waals surface area contributed by atoms with Gasteiger partial charge in [-0.05, 0) is 38.3 Å². The zero-order chi connectivity index (χ0) is 13.1. The summed E-state index contributed by atoms with van der Waals surface area (Å²) in [6, 6.07) is 5.64. The fourth-order valence-corrected chi connectivity index (χ4v) is 1.71. The molecule has 0 bridgehead atoms. The van der Waals surface area contributed by atoms with Gasteiger partial charge in [0.05, 0.1) is 5.56 Å². The second-order valence-electron chi connectivity index (χ2n) is 4.65. The Hall–Kier alpha value is -1.84. The predicted molar refractivity (Wildman–Crippen MR) is 67.8 cm³/mol. The minimum absolute atomic E-state index is 0.127. The molecule has 1 aliphatic carbocycles. The summed E-state index contributed by atoms with van der Waals surface area (Å²) in [6.07, 6.45) is 2.24. The van der Waals surface area contributed by atoms with Crippen LogP contribution in [-0.2, 0) is 4.79 Å². The lowest BCUT2D eigenvalue weighted by Crippen LogP contribution is -2.37. The van der Waals surface area contributed by atoms with Gasteiger partial charge < -0.3 is 10.1 Å². The van der Waals surface area contributed by atoms with E-state index in [1.807, 2.05) is 13.0 Å². The molecule has 0 heterocycles. The first-order valence-electron chi connectivity index (χ1n) is 6.13. The molecule has 2 rings (SSSR count). The van der Waals surface area contributed by atoms with Crippen molar-refractivity contribution in [3.63, 3.8) is 0 Å². The fourth-order valence-electron chi connectivity index (χ4n) is 1.71. The molecule has 1 aromatic carbocycles. The number of carbonyl (C=O) groups is 2. The number of nitrogens with one attached hydrogen (secondary N) is 1. The van der Waals surface area contributed by atoms with Gasteiger partial charge in [0, 0.05) is 6.04 Å². The molecule has 96 valence electrons. The number of aryl methyl sites for hydroxylation is 1. The van der Waals surface area contributed by atoms with Crippen LogP contribution in [-0.4, -0.2) is 24.3 Å². The highest BCUT2D eigenvalue weighted by molar-refractivity contribution is 5.83. The highest BCUT2D eigenvalue weighted by Gasteiger charge is 2.26. The molecule has 0 spiro atoms. The van der Waals surface area contributed by atoms with E-state index in [1.165, 1.54) is 0 Å². The summed E-state index contributed by atoms with van der Waals surface area (Å²) in [6.45, 7) is 3.55. The Morgan fingerprint density at radius 3 is 2.83 bits per heavy atom. The van der Waals surface area contributed by atoms with Crippen molar-refractivity contribution in [2.45, 2.75) is 38.8 Å². The largest absolute Gasteiger partial charge is 0.480 e. The fraction of sp³-hybridized carbons (Fsp3) is 0.429. The average Bonchev–Trinajstić information content (AvgIpc) is 3.15. The molecule has 4 nitrogen and oxygen atoms in total. The van der Waals surface area contributed by atoms with Gasteiger partial charge in [-0.15, -0.1) is 0 Å². The van der Waals surface area contributed by atoms with Crippen LogP contribution in [0.2, 0.25) is 0 Å². The van der Waals surface area contributed by atoms with E-state index in [1.54, 1.807) is 19.1 Å². The van der Waals surface area contributed by atoms with Crippen LogP contribution in [0, 0.1) is 6.92 Å². The molecule has 0 aliphatic heterocycles. The Morgan fingerprint density at radius 2 is 2.22 bits per heavy atom. The number of hydrogen-bond donors (Lipinski definition) is 1. The van der Waals surface area contributed by atoms with Crippen molar-refractivity contribution in [3.05, 3.63) is 29.3 Å². The quantitative estimate of drug-likeness (QED) is 0.808. The molecule has 1 atom stereocenters. The first-order valence-corrected chi connectivity index (χ1v) is 6.13. The van der Waals surface area contributed by atoms with Crippen LogP contribution >= 0.6 is 0 Å². The van der Waals surface area contributed by atoms with Gasteiger partial charge >= 0.3 is 0 Å². The number of rotatable bonds is 5. The predicted octanol–water partition coefficient (Wildman–Crippen LogP) is 1.85. The van der Waals surface area contributed by atoms with Crippen molar-refractivity contribution < 1.29 is 14.3 Å². The van der Waals surface area contributed by atoms with E-state index in [0.29, 0.717) is 17.4 Å². The van der Waals surface area contributed by atoms with Crippen molar-refractivity contribution in [2.75, 3.05) is 0 Å². The Bertz CT molecular complexity index is 466. The van der Waals surface area contributed by atoms with Gasteiger partial charge in [-0.2, -0.15) is 0 Å². The summed E-state index contributed by atoms with van der Waals surface area (Å²) in [4.78, 5) is 22.7. The van der Waals surface area contributed by atoms with Gasteiger partial charge in [0.2, 0.25) is 0 Å². The molecular weight excluding hydrogens is 230 g/mol. The summed E-state index contributed by atoms with van der Waals surface area (Å²) in [5, 5.41) is 2.88. The van der Waals surface area contributed by atoms with Gasteiger partial charge in [0.25, 0.3) is 5.91 Å². The number of para-hydroxylation sites is 1. The topological polar surface area (TPSA) is 55.4 Å². The molecule has 1 aromatic rings. The Morgan fingerprint density at radius 1 is 1.50 bits per heavy atom. The molecule has 0 saturated heterocycles. The lowest BCUT2D eigenvalue weighted by molar-refractivity contribution is -0.127. The van der Waals surface area contributed by atoms with E-state index in [4.69, 9.17) is 4.74 Å². The third-order valence-electron chi connectivity index (χ3n) is 2.96. The van der Waals surface area contributed by atoms with Gasteiger partial charge in [-0.3, -0.25) is 9.59 Å². The molecule has 1 fully saturated rings.